The predicted molar refractivity (Wildman–Crippen MR) is 71.1 cm³/mol. The number of amides is 1. The summed E-state index contributed by atoms with van der Waals surface area (Å²) in [5.41, 5.74) is 4.33. The van der Waals surface area contributed by atoms with Gasteiger partial charge < -0.3 is 5.11 Å². The summed E-state index contributed by atoms with van der Waals surface area (Å²) in [6.07, 6.45) is 2.93. The third kappa shape index (κ3) is 2.98. The van der Waals surface area contributed by atoms with E-state index >= 15 is 0 Å². The van der Waals surface area contributed by atoms with Crippen molar-refractivity contribution in [3.8, 4) is 5.75 Å². The zero-order valence-corrected chi connectivity index (χ0v) is 10.7. The van der Waals surface area contributed by atoms with Crippen LogP contribution in [0.3, 0.4) is 0 Å². The number of phenols is 1. The number of nitrogens with one attached hydrogen (secondary N) is 1. The molecule has 1 aromatic carbocycles. The second-order valence-electron chi connectivity index (χ2n) is 4.10. The Morgan fingerprint density at radius 1 is 1.47 bits per heavy atom. The molecule has 0 bridgehead atoms. The quantitative estimate of drug-likeness (QED) is 0.641. The number of hydrogen-bond acceptors (Lipinski definition) is 4. The normalized spacial score (nSPS) is 10.8. The van der Waals surface area contributed by atoms with Crippen LogP contribution in [-0.4, -0.2) is 27.0 Å². The fourth-order valence-corrected chi connectivity index (χ4v) is 1.59. The van der Waals surface area contributed by atoms with Crippen molar-refractivity contribution in [2.24, 2.45) is 12.1 Å². The minimum Gasteiger partial charge on any atom is -0.507 e. The Balaban J connectivity index is 2.06. The van der Waals surface area contributed by atoms with Gasteiger partial charge in [0.15, 0.2) is 0 Å². The van der Waals surface area contributed by atoms with Crippen LogP contribution < -0.4 is 5.43 Å². The van der Waals surface area contributed by atoms with Gasteiger partial charge in [-0.25, -0.2) is 5.43 Å². The van der Waals surface area contributed by atoms with Gasteiger partial charge in [-0.2, -0.15) is 10.2 Å². The van der Waals surface area contributed by atoms with E-state index in [0.29, 0.717) is 11.3 Å². The van der Waals surface area contributed by atoms with Gasteiger partial charge in [0, 0.05) is 18.8 Å². The van der Waals surface area contributed by atoms with Crippen LogP contribution in [0.1, 0.15) is 21.6 Å². The highest BCUT2D eigenvalue weighted by Crippen LogP contribution is 2.15. The van der Waals surface area contributed by atoms with Crippen LogP contribution in [0.4, 0.5) is 0 Å². The molecule has 1 heterocycles. The van der Waals surface area contributed by atoms with Gasteiger partial charge in [0.25, 0.3) is 5.91 Å². The lowest BCUT2D eigenvalue weighted by Gasteiger charge is -2.01. The van der Waals surface area contributed by atoms with Gasteiger partial charge in [0.05, 0.1) is 6.21 Å². The minimum atomic E-state index is -0.358. The Hall–Kier alpha value is -2.63. The predicted octanol–water partition coefficient (Wildman–Crippen LogP) is 1.20. The molecule has 6 nitrogen and oxygen atoms in total. The molecule has 2 rings (SSSR count). The number of hydrogen-bond donors (Lipinski definition) is 2. The topological polar surface area (TPSA) is 79.5 Å². The first kappa shape index (κ1) is 12.8. The maximum Gasteiger partial charge on any atom is 0.289 e. The summed E-state index contributed by atoms with van der Waals surface area (Å²) in [5, 5.41) is 17.3. The van der Waals surface area contributed by atoms with Crippen molar-refractivity contribution in [1.82, 2.24) is 15.2 Å². The molecule has 0 fully saturated rings. The van der Waals surface area contributed by atoms with E-state index in [1.165, 1.54) is 17.1 Å². The number of nitrogens with zero attached hydrogens (tertiary/aromatic N) is 3. The molecule has 19 heavy (non-hydrogen) atoms. The fourth-order valence-electron chi connectivity index (χ4n) is 1.59. The van der Waals surface area contributed by atoms with Crippen LogP contribution in [0.2, 0.25) is 0 Å². The third-order valence-electron chi connectivity index (χ3n) is 2.61. The molecule has 0 saturated carbocycles. The van der Waals surface area contributed by atoms with Crippen LogP contribution in [0.15, 0.2) is 35.6 Å². The van der Waals surface area contributed by atoms with E-state index in [0.717, 1.165) is 5.56 Å². The molecule has 0 aliphatic carbocycles. The molecule has 1 amide bonds. The van der Waals surface area contributed by atoms with Crippen molar-refractivity contribution in [1.29, 1.82) is 0 Å². The smallest absolute Gasteiger partial charge is 0.289 e. The molecule has 0 saturated heterocycles. The fraction of sp³-hybridized carbons (Fsp3) is 0.154. The lowest BCUT2D eigenvalue weighted by Crippen LogP contribution is -2.20. The number of aromatic hydroxyl groups is 1. The molecule has 2 aromatic rings. The number of aromatic nitrogens is 2. The Bertz CT molecular complexity index is 631. The molecule has 1 aromatic heterocycles. The van der Waals surface area contributed by atoms with Crippen molar-refractivity contribution < 1.29 is 9.90 Å². The first-order chi connectivity index (χ1) is 9.08. The molecule has 0 radical (unpaired) electrons. The Morgan fingerprint density at radius 2 is 2.26 bits per heavy atom. The summed E-state index contributed by atoms with van der Waals surface area (Å²) in [7, 11) is 1.67. The van der Waals surface area contributed by atoms with Gasteiger partial charge in [-0.1, -0.05) is 11.6 Å². The van der Waals surface area contributed by atoms with E-state index in [1.54, 1.807) is 31.3 Å². The summed E-state index contributed by atoms with van der Waals surface area (Å²) in [6.45, 7) is 1.91. The second-order valence-corrected chi connectivity index (χ2v) is 4.10. The van der Waals surface area contributed by atoms with Crippen LogP contribution in [0, 0.1) is 6.92 Å². The summed E-state index contributed by atoms with van der Waals surface area (Å²) in [6, 6.07) is 6.74. The van der Waals surface area contributed by atoms with Gasteiger partial charge in [-0.05, 0) is 25.1 Å². The van der Waals surface area contributed by atoms with E-state index in [2.05, 4.69) is 15.6 Å². The van der Waals surface area contributed by atoms with Gasteiger partial charge in [0.1, 0.15) is 11.4 Å². The standard InChI is InChI=1S/C13H14N4O2/c1-9-3-4-12(18)10(7-9)8-14-16-13(19)11-5-6-15-17(11)2/h3-8,18H,1-2H3,(H,16,19)/b14-8-. The van der Waals surface area contributed by atoms with Crippen LogP contribution in [0.25, 0.3) is 0 Å². The molecule has 98 valence electrons. The third-order valence-corrected chi connectivity index (χ3v) is 2.61. The minimum absolute atomic E-state index is 0.115. The van der Waals surface area contributed by atoms with Crippen molar-refractivity contribution in [2.45, 2.75) is 6.92 Å². The van der Waals surface area contributed by atoms with E-state index in [-0.39, 0.29) is 11.7 Å². The second kappa shape index (κ2) is 5.34. The molecule has 2 N–H and O–H groups in total. The summed E-state index contributed by atoms with van der Waals surface area (Å²) in [4.78, 5) is 11.7. The largest absolute Gasteiger partial charge is 0.507 e. The van der Waals surface area contributed by atoms with Gasteiger partial charge in [-0.15, -0.1) is 0 Å². The number of aryl methyl sites for hydroxylation is 2. The highest BCUT2D eigenvalue weighted by molar-refractivity contribution is 5.93. The number of rotatable bonds is 3. The number of carbonyl (C=O) groups excluding carboxylic acids is 1. The highest BCUT2D eigenvalue weighted by atomic mass is 16.3. The maximum absolute atomic E-state index is 11.7. The first-order valence-electron chi connectivity index (χ1n) is 5.69. The zero-order valence-electron chi connectivity index (χ0n) is 10.7. The summed E-state index contributed by atoms with van der Waals surface area (Å²) >= 11 is 0. The molecule has 0 aliphatic rings. The lowest BCUT2D eigenvalue weighted by atomic mass is 10.1. The number of carbonyl (C=O) groups is 1. The van der Waals surface area contributed by atoms with Gasteiger partial charge >= 0.3 is 0 Å². The van der Waals surface area contributed by atoms with Crippen LogP contribution >= 0.6 is 0 Å². The molecule has 0 aliphatic heterocycles. The van der Waals surface area contributed by atoms with E-state index < -0.39 is 0 Å². The number of hydrazone groups is 1. The lowest BCUT2D eigenvalue weighted by molar-refractivity contribution is 0.0945. The molecule has 0 spiro atoms. The van der Waals surface area contributed by atoms with E-state index in [1.807, 2.05) is 6.92 Å². The van der Waals surface area contributed by atoms with Gasteiger partial charge in [0.2, 0.25) is 0 Å². The summed E-state index contributed by atoms with van der Waals surface area (Å²) < 4.78 is 1.45. The van der Waals surface area contributed by atoms with Crippen molar-refractivity contribution in [2.75, 3.05) is 0 Å². The van der Waals surface area contributed by atoms with E-state index in [4.69, 9.17) is 0 Å². The summed E-state index contributed by atoms with van der Waals surface area (Å²) in [5.74, 6) is -0.243. The molecular formula is C13H14N4O2. The molecule has 0 atom stereocenters. The number of phenolic OH excluding ortho intramolecular Hbond substituents is 1. The van der Waals surface area contributed by atoms with Crippen molar-refractivity contribution in [3.05, 3.63) is 47.3 Å². The van der Waals surface area contributed by atoms with Gasteiger partial charge in [-0.3, -0.25) is 9.48 Å². The average molecular weight is 258 g/mol. The molecule has 6 heteroatoms. The van der Waals surface area contributed by atoms with Crippen LogP contribution in [-0.2, 0) is 7.05 Å². The Labute approximate surface area is 110 Å². The monoisotopic (exact) mass is 258 g/mol. The van der Waals surface area contributed by atoms with E-state index in [9.17, 15) is 9.90 Å². The number of benzene rings is 1. The average Bonchev–Trinajstić information content (AvgIpc) is 2.80. The van der Waals surface area contributed by atoms with Crippen molar-refractivity contribution in [3.63, 3.8) is 0 Å². The maximum atomic E-state index is 11.7. The van der Waals surface area contributed by atoms with Crippen LogP contribution in [0.5, 0.6) is 5.75 Å². The highest BCUT2D eigenvalue weighted by Gasteiger charge is 2.08. The SMILES string of the molecule is Cc1ccc(O)c(/C=N\NC(=O)c2ccnn2C)c1. The zero-order chi connectivity index (χ0) is 13.8. The Kier molecular flexibility index (Phi) is 3.61. The Morgan fingerprint density at radius 3 is 2.95 bits per heavy atom. The molecule has 0 unspecified atom stereocenters. The first-order valence-corrected chi connectivity index (χ1v) is 5.69. The van der Waals surface area contributed by atoms with Crippen molar-refractivity contribution >= 4 is 12.1 Å². The molecular weight excluding hydrogens is 244 g/mol.